The Kier molecular flexibility index (Phi) is 6.52. The molecule has 1 aliphatic rings. The summed E-state index contributed by atoms with van der Waals surface area (Å²) in [7, 11) is 0. The van der Waals surface area contributed by atoms with E-state index in [1.54, 1.807) is 0 Å². The predicted molar refractivity (Wildman–Crippen MR) is 150 cm³/mol. The molecular formula is C32H28ClN3O. The molecule has 1 atom stereocenters. The molecule has 1 aromatic heterocycles. The Hall–Kier alpha value is -3.86. The Morgan fingerprint density at radius 3 is 2.22 bits per heavy atom. The summed E-state index contributed by atoms with van der Waals surface area (Å²) in [5, 5.41) is 5.10. The summed E-state index contributed by atoms with van der Waals surface area (Å²) in [5.74, 6) is 0.0187. The van der Waals surface area contributed by atoms with Crippen molar-refractivity contribution >= 4 is 28.4 Å². The van der Waals surface area contributed by atoms with Gasteiger partial charge in [0.25, 0.3) is 5.91 Å². The Bertz CT molecular complexity index is 1490. The normalized spacial score (nSPS) is 15.8. The van der Waals surface area contributed by atoms with Crippen molar-refractivity contribution in [2.24, 2.45) is 0 Å². The van der Waals surface area contributed by atoms with Crippen LogP contribution in [0.2, 0.25) is 5.02 Å². The quantitative estimate of drug-likeness (QED) is 0.276. The number of nitrogens with one attached hydrogen (secondary N) is 2. The number of nitrogens with zero attached hydrogens (tertiary/aromatic N) is 1. The number of aromatic nitrogens is 1. The van der Waals surface area contributed by atoms with E-state index in [0.717, 1.165) is 28.6 Å². The van der Waals surface area contributed by atoms with Crippen LogP contribution in [-0.4, -0.2) is 35.4 Å². The van der Waals surface area contributed by atoms with Gasteiger partial charge in [0.2, 0.25) is 0 Å². The van der Waals surface area contributed by atoms with Crippen LogP contribution in [0, 0.1) is 0 Å². The number of aromatic amines is 1. The number of hydrogen-bond acceptors (Lipinski definition) is 2. The third-order valence-corrected chi connectivity index (χ3v) is 7.66. The van der Waals surface area contributed by atoms with Crippen molar-refractivity contribution in [2.75, 3.05) is 19.6 Å². The summed E-state index contributed by atoms with van der Waals surface area (Å²) in [6, 6.07) is 34.6. The molecule has 0 saturated carbocycles. The predicted octanol–water partition coefficient (Wildman–Crippen LogP) is 6.79. The van der Waals surface area contributed by atoms with Crippen molar-refractivity contribution < 1.29 is 4.79 Å². The van der Waals surface area contributed by atoms with Crippen LogP contribution in [0.4, 0.5) is 0 Å². The first-order valence-electron chi connectivity index (χ1n) is 12.7. The highest BCUT2D eigenvalue weighted by Crippen LogP contribution is 2.38. The van der Waals surface area contributed by atoms with Crippen LogP contribution >= 0.6 is 11.6 Å². The number of benzene rings is 4. The fourth-order valence-corrected chi connectivity index (χ4v) is 5.85. The minimum Gasteiger partial charge on any atom is -0.361 e. The van der Waals surface area contributed by atoms with Gasteiger partial charge < -0.3 is 15.2 Å². The number of H-pyrrole nitrogens is 1. The van der Waals surface area contributed by atoms with Crippen molar-refractivity contribution in [2.45, 2.75) is 12.0 Å². The van der Waals surface area contributed by atoms with E-state index >= 15 is 0 Å². The third-order valence-electron chi connectivity index (χ3n) is 7.31. The van der Waals surface area contributed by atoms with Crippen molar-refractivity contribution in [3.8, 4) is 0 Å². The first kappa shape index (κ1) is 23.5. The molecule has 0 bridgehead atoms. The van der Waals surface area contributed by atoms with E-state index in [9.17, 15) is 4.79 Å². The molecule has 2 N–H and O–H groups in total. The van der Waals surface area contributed by atoms with Crippen LogP contribution in [0.15, 0.2) is 109 Å². The molecule has 4 aromatic carbocycles. The smallest absolute Gasteiger partial charge is 0.255 e. The van der Waals surface area contributed by atoms with E-state index in [0.29, 0.717) is 23.7 Å². The van der Waals surface area contributed by atoms with Gasteiger partial charge in [-0.1, -0.05) is 96.5 Å². The second-order valence-corrected chi connectivity index (χ2v) is 9.87. The van der Waals surface area contributed by atoms with E-state index in [-0.39, 0.29) is 17.9 Å². The molecule has 6 rings (SSSR count). The topological polar surface area (TPSA) is 48.1 Å². The maximum absolute atomic E-state index is 14.3. The van der Waals surface area contributed by atoms with E-state index in [2.05, 4.69) is 65.0 Å². The molecule has 5 heteroatoms. The van der Waals surface area contributed by atoms with Gasteiger partial charge in [0.05, 0.1) is 6.04 Å². The molecule has 4 nitrogen and oxygen atoms in total. The average Bonchev–Trinajstić information content (AvgIpc) is 3.38. The monoisotopic (exact) mass is 505 g/mol. The lowest BCUT2D eigenvalue weighted by molar-refractivity contribution is 0.0636. The van der Waals surface area contributed by atoms with Gasteiger partial charge in [-0.3, -0.25) is 4.79 Å². The van der Waals surface area contributed by atoms with E-state index in [4.69, 9.17) is 11.6 Å². The zero-order chi connectivity index (χ0) is 25.2. The second kappa shape index (κ2) is 10.3. The molecule has 37 heavy (non-hydrogen) atoms. The molecule has 1 unspecified atom stereocenters. The fourth-order valence-electron chi connectivity index (χ4n) is 5.59. The molecule has 0 spiro atoms. The maximum Gasteiger partial charge on any atom is 0.255 e. The standard InChI is InChI=1S/C32H28ClN3O/c33-27-16-8-7-14-24(27)29-21-34-18-19-36(29)32(37)25-15-9-17-28-31(25)26(20-35-28)30(22-10-3-1-4-11-22)23-12-5-2-6-13-23/h1-17,20,29-30,34-35H,18-19,21H2. The molecule has 184 valence electrons. The third kappa shape index (κ3) is 4.43. The molecule has 1 amide bonds. The number of carbonyl (C=O) groups excluding carboxylic acids is 1. The lowest BCUT2D eigenvalue weighted by Crippen LogP contribution is -2.48. The number of amides is 1. The summed E-state index contributed by atoms with van der Waals surface area (Å²) >= 11 is 6.58. The molecule has 1 aliphatic heterocycles. The van der Waals surface area contributed by atoms with Crippen LogP contribution in [0.1, 0.15) is 44.6 Å². The van der Waals surface area contributed by atoms with Gasteiger partial charge in [-0.15, -0.1) is 0 Å². The van der Waals surface area contributed by atoms with Crippen LogP contribution in [0.5, 0.6) is 0 Å². The van der Waals surface area contributed by atoms with Crippen LogP contribution in [0.3, 0.4) is 0 Å². The van der Waals surface area contributed by atoms with Crippen molar-refractivity contribution in [3.05, 3.63) is 142 Å². The lowest BCUT2D eigenvalue weighted by Gasteiger charge is -2.37. The van der Waals surface area contributed by atoms with Gasteiger partial charge in [0.1, 0.15) is 0 Å². The van der Waals surface area contributed by atoms with E-state index in [1.807, 2.05) is 59.5 Å². The van der Waals surface area contributed by atoms with Gasteiger partial charge in [-0.05, 0) is 40.5 Å². The highest BCUT2D eigenvalue weighted by molar-refractivity contribution is 6.31. The first-order valence-corrected chi connectivity index (χ1v) is 13.1. The Morgan fingerprint density at radius 2 is 1.51 bits per heavy atom. The zero-order valence-corrected chi connectivity index (χ0v) is 21.2. The molecule has 0 radical (unpaired) electrons. The Balaban J connectivity index is 1.49. The maximum atomic E-state index is 14.3. The molecular weight excluding hydrogens is 478 g/mol. The van der Waals surface area contributed by atoms with Crippen LogP contribution in [-0.2, 0) is 0 Å². The van der Waals surface area contributed by atoms with E-state index < -0.39 is 0 Å². The second-order valence-electron chi connectivity index (χ2n) is 9.47. The summed E-state index contributed by atoms with van der Waals surface area (Å²) in [5.41, 5.74) is 6.12. The van der Waals surface area contributed by atoms with Gasteiger partial charge in [-0.2, -0.15) is 0 Å². The Morgan fingerprint density at radius 1 is 0.838 bits per heavy atom. The number of rotatable bonds is 5. The molecule has 1 fully saturated rings. The highest BCUT2D eigenvalue weighted by Gasteiger charge is 2.32. The largest absolute Gasteiger partial charge is 0.361 e. The number of hydrogen-bond donors (Lipinski definition) is 2. The minimum atomic E-state index is -0.133. The summed E-state index contributed by atoms with van der Waals surface area (Å²) < 4.78 is 0. The van der Waals surface area contributed by atoms with E-state index in [1.165, 1.54) is 11.1 Å². The van der Waals surface area contributed by atoms with Crippen molar-refractivity contribution in [1.29, 1.82) is 0 Å². The average molecular weight is 506 g/mol. The first-order chi connectivity index (χ1) is 18.2. The molecule has 2 heterocycles. The zero-order valence-electron chi connectivity index (χ0n) is 20.4. The summed E-state index contributed by atoms with van der Waals surface area (Å²) in [6.07, 6.45) is 2.06. The Labute approximate surface area is 221 Å². The number of halogens is 1. The van der Waals surface area contributed by atoms with Crippen molar-refractivity contribution in [3.63, 3.8) is 0 Å². The minimum absolute atomic E-state index is 0.00696. The highest BCUT2D eigenvalue weighted by atomic mass is 35.5. The van der Waals surface area contributed by atoms with Gasteiger partial charge in [0, 0.05) is 53.2 Å². The van der Waals surface area contributed by atoms with Crippen molar-refractivity contribution in [1.82, 2.24) is 15.2 Å². The summed E-state index contributed by atoms with van der Waals surface area (Å²) in [6.45, 7) is 2.03. The molecule has 5 aromatic rings. The van der Waals surface area contributed by atoms with Gasteiger partial charge in [-0.25, -0.2) is 0 Å². The van der Waals surface area contributed by atoms with Crippen LogP contribution < -0.4 is 5.32 Å². The summed E-state index contributed by atoms with van der Waals surface area (Å²) in [4.78, 5) is 19.7. The van der Waals surface area contributed by atoms with Crippen LogP contribution in [0.25, 0.3) is 10.9 Å². The SMILES string of the molecule is O=C(c1cccc2[nH]cc(C(c3ccccc3)c3ccccc3)c12)N1CCNCC1c1ccccc1Cl. The number of fused-ring (bicyclic) bond motifs is 1. The lowest BCUT2D eigenvalue weighted by atomic mass is 9.84. The van der Waals surface area contributed by atoms with Gasteiger partial charge in [0.15, 0.2) is 0 Å². The molecule has 1 saturated heterocycles. The number of piperazine rings is 1. The van der Waals surface area contributed by atoms with Gasteiger partial charge >= 0.3 is 0 Å². The number of carbonyl (C=O) groups is 1. The fraction of sp³-hybridized carbons (Fsp3) is 0.156. The molecule has 0 aliphatic carbocycles.